The second-order valence-electron chi connectivity index (χ2n) is 13.6. The zero-order valence-corrected chi connectivity index (χ0v) is 30.0. The van der Waals surface area contributed by atoms with Crippen LogP contribution in [-0.2, 0) is 43.5 Å². The zero-order chi connectivity index (χ0) is 37.5. The van der Waals surface area contributed by atoms with Crippen LogP contribution in [0.4, 0.5) is 5.13 Å². The van der Waals surface area contributed by atoms with E-state index < -0.39 is 46.5 Å². The molecular weight excluding hydrogens is 713 g/mol. The van der Waals surface area contributed by atoms with E-state index in [0.29, 0.717) is 12.1 Å². The van der Waals surface area contributed by atoms with E-state index in [4.69, 9.17) is 10.6 Å². The lowest BCUT2D eigenvalue weighted by Gasteiger charge is -2.49. The molecule has 3 aliphatic heterocycles. The fraction of sp³-hybridized carbons (Fsp3) is 0.314. The van der Waals surface area contributed by atoms with Gasteiger partial charge in [0.05, 0.1) is 13.6 Å². The molecule has 0 aliphatic carbocycles. The SMILES string of the molecule is CC(C)(O/N=C(\C(=O)N[C@@H]1C(=O)N2C(C(=O)O)=C(/C=C/c3ccc(C[N+]4(C)CCc5cc(O)c(O)cc5C4)cc3)CS[C@H]12)c1csc(N)n1)C(=O)O. The van der Waals surface area contributed by atoms with E-state index in [0.717, 1.165) is 62.5 Å². The van der Waals surface area contributed by atoms with Crippen molar-refractivity contribution >= 4 is 63.8 Å². The molecule has 3 aromatic rings. The van der Waals surface area contributed by atoms with Crippen molar-refractivity contribution in [1.29, 1.82) is 0 Å². The summed E-state index contributed by atoms with van der Waals surface area (Å²) in [6.45, 7) is 4.83. The van der Waals surface area contributed by atoms with Crippen LogP contribution in [0.1, 0.15) is 41.8 Å². The summed E-state index contributed by atoms with van der Waals surface area (Å²) in [4.78, 5) is 60.9. The summed E-state index contributed by atoms with van der Waals surface area (Å²) in [6.07, 6.45) is 4.25. The molecule has 272 valence electrons. The van der Waals surface area contributed by atoms with Crippen LogP contribution in [0, 0.1) is 0 Å². The number of phenols is 2. The molecule has 17 heteroatoms. The predicted molar refractivity (Wildman–Crippen MR) is 193 cm³/mol. The van der Waals surface area contributed by atoms with E-state index in [1.807, 2.05) is 24.3 Å². The van der Waals surface area contributed by atoms with Crippen molar-refractivity contribution < 1.29 is 48.9 Å². The molecule has 3 aliphatic rings. The number of hydrogen-bond acceptors (Lipinski definition) is 12. The number of benzene rings is 2. The molecule has 1 fully saturated rings. The lowest BCUT2D eigenvalue weighted by molar-refractivity contribution is -0.937. The Morgan fingerprint density at radius 1 is 1.13 bits per heavy atom. The molecule has 6 rings (SSSR count). The second kappa shape index (κ2) is 14.0. The second-order valence-corrected chi connectivity index (χ2v) is 15.5. The molecule has 2 aromatic carbocycles. The van der Waals surface area contributed by atoms with Gasteiger partial charge in [0, 0.05) is 28.7 Å². The van der Waals surface area contributed by atoms with Gasteiger partial charge in [-0.1, -0.05) is 41.6 Å². The highest BCUT2D eigenvalue weighted by Crippen LogP contribution is 2.41. The van der Waals surface area contributed by atoms with Crippen LogP contribution in [-0.4, -0.2) is 101 Å². The summed E-state index contributed by atoms with van der Waals surface area (Å²) in [5, 5.41) is 46.5. The molecule has 0 radical (unpaired) electrons. The molecule has 0 spiro atoms. The minimum Gasteiger partial charge on any atom is -0.504 e. The number of carbonyl (C=O) groups is 4. The fourth-order valence-electron chi connectivity index (χ4n) is 6.21. The Hall–Kier alpha value is -5.39. The Morgan fingerprint density at radius 3 is 2.46 bits per heavy atom. The molecule has 15 nitrogen and oxygen atoms in total. The number of nitrogens with zero attached hydrogens (tertiary/aromatic N) is 4. The van der Waals surface area contributed by atoms with Gasteiger partial charge in [-0.3, -0.25) is 14.5 Å². The number of oxime groups is 1. The molecule has 7 N–H and O–H groups in total. The van der Waals surface area contributed by atoms with Gasteiger partial charge >= 0.3 is 11.9 Å². The summed E-state index contributed by atoms with van der Waals surface area (Å²) in [5.74, 6) is -4.09. The highest BCUT2D eigenvalue weighted by atomic mass is 32.2. The van der Waals surface area contributed by atoms with E-state index in [9.17, 15) is 39.6 Å². The average molecular weight is 750 g/mol. The number of β-lactam (4-membered cyclic amide) rings is 1. The van der Waals surface area contributed by atoms with Crippen molar-refractivity contribution in [1.82, 2.24) is 15.2 Å². The minimum absolute atomic E-state index is 0.0174. The van der Waals surface area contributed by atoms with Gasteiger partial charge in [0.15, 0.2) is 22.3 Å². The maximum absolute atomic E-state index is 13.3. The molecule has 1 saturated heterocycles. The van der Waals surface area contributed by atoms with Crippen molar-refractivity contribution in [2.24, 2.45) is 5.16 Å². The standard InChI is InChI=1S/C35H36N6O9S2/c1-35(2,33(48)49)50-39-26(23-17-52-34(36)37-23)29(44)38-27-30(45)40-28(32(46)47)21(16-51-31(27)40)9-8-18-4-6-19(7-5-18)14-41(3)11-10-20-12-24(42)25(43)13-22(20)15-41/h4-9,12-13,17,27,31H,10-11,14-16H2,1-3H3,(H6-,36,37,38,39,42,43,44,46,47,48,49)/p+1/b9-8+/t27-,31-,41?/m1/s1. The molecule has 52 heavy (non-hydrogen) atoms. The Morgan fingerprint density at radius 2 is 1.83 bits per heavy atom. The molecule has 1 aromatic heterocycles. The largest absolute Gasteiger partial charge is 0.504 e. The van der Waals surface area contributed by atoms with Gasteiger partial charge in [0.2, 0.25) is 5.60 Å². The Balaban J connectivity index is 1.13. The third-order valence-electron chi connectivity index (χ3n) is 9.14. The van der Waals surface area contributed by atoms with Crippen molar-refractivity contribution in [2.45, 2.75) is 50.4 Å². The summed E-state index contributed by atoms with van der Waals surface area (Å²) in [5.41, 5.74) is 7.82. The number of fused-ring (bicyclic) bond motifs is 2. The number of aromatic nitrogens is 1. The molecule has 4 heterocycles. The maximum Gasteiger partial charge on any atom is 0.352 e. The number of nitrogens with two attached hydrogens (primary N) is 1. The highest BCUT2D eigenvalue weighted by Gasteiger charge is 2.54. The first kappa shape index (κ1) is 36.4. The number of allylic oxidation sites excluding steroid dienone is 1. The van der Waals surface area contributed by atoms with Crippen LogP contribution in [0.3, 0.4) is 0 Å². The number of quaternary nitrogens is 1. The number of hydrogen-bond donors (Lipinski definition) is 6. The topological polar surface area (TPSA) is 225 Å². The van der Waals surface area contributed by atoms with Gasteiger partial charge in [-0.2, -0.15) is 0 Å². The molecule has 2 amide bonds. The number of aromatic hydroxyl groups is 2. The van der Waals surface area contributed by atoms with Crippen LogP contribution >= 0.6 is 23.1 Å². The number of thiazole rings is 1. The van der Waals surface area contributed by atoms with Gasteiger partial charge in [0.25, 0.3) is 11.8 Å². The zero-order valence-electron chi connectivity index (χ0n) is 28.4. The van der Waals surface area contributed by atoms with E-state index >= 15 is 0 Å². The number of carboxylic acid groups (broad SMARTS) is 2. The third-order valence-corrected chi connectivity index (χ3v) is 11.1. The number of likely N-dealkylation sites (N-methyl/N-ethyl adjacent to an activating group) is 1. The minimum atomic E-state index is -1.78. The highest BCUT2D eigenvalue weighted by molar-refractivity contribution is 8.00. The first-order valence-corrected chi connectivity index (χ1v) is 18.1. The van der Waals surface area contributed by atoms with E-state index in [1.54, 1.807) is 24.3 Å². The quantitative estimate of drug-likeness (QED) is 0.0548. The number of anilines is 1. The number of nitrogens with one attached hydrogen (secondary N) is 1. The average Bonchev–Trinajstić information content (AvgIpc) is 3.52. The summed E-state index contributed by atoms with van der Waals surface area (Å²) < 4.78 is 0.731. The lowest BCUT2D eigenvalue weighted by Crippen LogP contribution is -2.71. The van der Waals surface area contributed by atoms with Gasteiger partial charge in [-0.25, -0.2) is 14.6 Å². The summed E-state index contributed by atoms with van der Waals surface area (Å²) in [6, 6.07) is 10.1. The Bertz CT molecular complexity index is 2060. The van der Waals surface area contributed by atoms with Gasteiger partial charge in [-0.15, -0.1) is 23.1 Å². The number of thioether (sulfide) groups is 1. The van der Waals surface area contributed by atoms with E-state index in [-0.39, 0.29) is 33.8 Å². The van der Waals surface area contributed by atoms with Crippen LogP contribution in [0.25, 0.3) is 6.08 Å². The van der Waals surface area contributed by atoms with Crippen LogP contribution in [0.15, 0.2) is 64.3 Å². The predicted octanol–water partition coefficient (Wildman–Crippen LogP) is 2.88. The van der Waals surface area contributed by atoms with E-state index in [2.05, 4.69) is 22.5 Å². The number of nitrogen functional groups attached to an aromatic ring is 1. The number of rotatable bonds is 11. The first-order chi connectivity index (χ1) is 24.5. The monoisotopic (exact) mass is 749 g/mol. The van der Waals surface area contributed by atoms with Crippen molar-refractivity contribution in [3.8, 4) is 11.5 Å². The molecule has 3 atom stereocenters. The number of amides is 2. The molecule has 0 bridgehead atoms. The third kappa shape index (κ3) is 7.33. The molecular formula is C35H37N6O9S2+. The normalized spacial score (nSPS) is 21.7. The fourth-order valence-corrected chi connectivity index (χ4v) is 8.08. The summed E-state index contributed by atoms with van der Waals surface area (Å²) >= 11 is 2.31. The van der Waals surface area contributed by atoms with Crippen molar-refractivity contribution in [3.05, 3.63) is 87.1 Å². The van der Waals surface area contributed by atoms with Crippen LogP contribution in [0.2, 0.25) is 0 Å². The first-order valence-electron chi connectivity index (χ1n) is 16.1. The van der Waals surface area contributed by atoms with Gasteiger partial charge in [-0.05, 0) is 42.7 Å². The molecule has 1 unspecified atom stereocenters. The van der Waals surface area contributed by atoms with Crippen molar-refractivity contribution in [2.75, 3.05) is 25.1 Å². The van der Waals surface area contributed by atoms with Gasteiger partial charge in [0.1, 0.15) is 35.9 Å². The van der Waals surface area contributed by atoms with Crippen LogP contribution < -0.4 is 11.1 Å². The lowest BCUT2D eigenvalue weighted by atomic mass is 9.96. The van der Waals surface area contributed by atoms with Crippen LogP contribution in [0.5, 0.6) is 11.5 Å². The smallest absolute Gasteiger partial charge is 0.352 e. The Kier molecular flexibility index (Phi) is 9.78. The Labute approximate surface area is 306 Å². The van der Waals surface area contributed by atoms with E-state index in [1.165, 1.54) is 31.0 Å². The molecule has 0 saturated carbocycles. The van der Waals surface area contributed by atoms with Gasteiger partial charge < -0.3 is 40.8 Å². The number of phenolic OH excluding ortho intramolecular Hbond substituents is 2. The maximum atomic E-state index is 13.3. The van der Waals surface area contributed by atoms with Crippen molar-refractivity contribution in [3.63, 3.8) is 0 Å². The number of aliphatic carboxylic acids is 2. The number of carboxylic acids is 2. The summed E-state index contributed by atoms with van der Waals surface area (Å²) in [7, 11) is 2.16. The number of carbonyl (C=O) groups excluding carboxylic acids is 2.